The van der Waals surface area contributed by atoms with Gasteiger partial charge >= 0.3 is 0 Å². The van der Waals surface area contributed by atoms with E-state index in [1.54, 1.807) is 0 Å². The maximum absolute atomic E-state index is 6.85. The summed E-state index contributed by atoms with van der Waals surface area (Å²) in [5.41, 5.74) is 7.61. The number of benzene rings is 10. The summed E-state index contributed by atoms with van der Waals surface area (Å²) in [5.74, 6) is 1.75. The average molecular weight is 765 g/mol. The molecule has 0 saturated carbocycles. The number of fused-ring (bicyclic) bond motifs is 11. The van der Waals surface area contributed by atoms with Gasteiger partial charge in [0.2, 0.25) is 5.95 Å². The Kier molecular flexibility index (Phi) is 6.95. The first-order valence-corrected chi connectivity index (χ1v) is 20.3. The summed E-state index contributed by atoms with van der Waals surface area (Å²) in [4.78, 5) is 16.0. The van der Waals surface area contributed by atoms with Crippen LogP contribution < -0.4 is 0 Å². The van der Waals surface area contributed by atoms with E-state index in [-0.39, 0.29) is 0 Å². The average Bonchev–Trinajstić information content (AvgIpc) is 3.86. The van der Waals surface area contributed by atoms with E-state index >= 15 is 0 Å². The van der Waals surface area contributed by atoms with Crippen LogP contribution in [0.15, 0.2) is 199 Å². The zero-order valence-corrected chi connectivity index (χ0v) is 32.2. The molecule has 0 N–H and O–H groups in total. The number of hydrogen-bond acceptors (Lipinski definition) is 4. The Morgan fingerprint density at radius 1 is 0.367 bits per heavy atom. The molecular weight excluding hydrogens is 733 g/mol. The third-order valence-electron chi connectivity index (χ3n) is 12.2. The van der Waals surface area contributed by atoms with Gasteiger partial charge < -0.3 is 4.42 Å². The van der Waals surface area contributed by atoms with E-state index in [9.17, 15) is 0 Å². The van der Waals surface area contributed by atoms with Gasteiger partial charge in [-0.3, -0.25) is 4.57 Å². The largest absolute Gasteiger partial charge is 0.455 e. The van der Waals surface area contributed by atoms with Crippen molar-refractivity contribution < 1.29 is 4.42 Å². The highest BCUT2D eigenvalue weighted by Crippen LogP contribution is 2.44. The molecule has 0 bridgehead atoms. The predicted molar refractivity (Wildman–Crippen MR) is 248 cm³/mol. The van der Waals surface area contributed by atoms with Gasteiger partial charge in [0.1, 0.15) is 11.2 Å². The maximum Gasteiger partial charge on any atom is 0.238 e. The molecule has 13 aromatic rings. The maximum atomic E-state index is 6.85. The predicted octanol–water partition coefficient (Wildman–Crippen LogP) is 14.5. The summed E-state index contributed by atoms with van der Waals surface area (Å²) in [5, 5.41) is 13.7. The van der Waals surface area contributed by atoms with Crippen LogP contribution in [-0.2, 0) is 0 Å². The lowest BCUT2D eigenvalue weighted by Gasteiger charge is -2.14. The Morgan fingerprint density at radius 2 is 0.900 bits per heavy atom. The third kappa shape index (κ3) is 4.96. The molecule has 278 valence electrons. The minimum absolute atomic E-state index is 0.543. The Bertz CT molecular complexity index is 3820. The van der Waals surface area contributed by atoms with Crippen LogP contribution in [0.2, 0.25) is 0 Å². The zero-order valence-electron chi connectivity index (χ0n) is 32.2. The van der Waals surface area contributed by atoms with Crippen LogP contribution in [-0.4, -0.2) is 19.5 Å². The molecule has 0 radical (unpaired) electrons. The van der Waals surface area contributed by atoms with Gasteiger partial charge in [-0.15, -0.1) is 0 Å². The smallest absolute Gasteiger partial charge is 0.238 e. The van der Waals surface area contributed by atoms with Crippen molar-refractivity contribution >= 4 is 86.8 Å². The monoisotopic (exact) mass is 764 g/mol. The molecule has 13 rings (SSSR count). The SMILES string of the molecule is c1ccc2cc(-c3nc(-c4ccc5ccccc5c4)nc(-n4c5cc6ccccc6cc5c5cccc(-c6cccc7c6oc6ccc8ccccc8c67)c54)n3)ccc2c1. The van der Waals surface area contributed by atoms with E-state index in [2.05, 4.69) is 199 Å². The quantitative estimate of drug-likeness (QED) is 0.179. The van der Waals surface area contributed by atoms with Gasteiger partial charge in [-0.2, -0.15) is 9.97 Å². The minimum Gasteiger partial charge on any atom is -0.455 e. The van der Waals surface area contributed by atoms with Crippen LogP contribution in [0.1, 0.15) is 0 Å². The van der Waals surface area contributed by atoms with Gasteiger partial charge in [-0.25, -0.2) is 4.98 Å². The molecule has 0 fully saturated rings. The molecule has 5 nitrogen and oxygen atoms in total. The lowest BCUT2D eigenvalue weighted by molar-refractivity contribution is 0.670. The standard InChI is InChI=1S/C55H32N4O/c1-3-14-36-29-40(25-23-33(36)11-1)53-56-54(41-26-24-34-12-2-4-15-37(34)30-41)58-55(57-53)59-48-32-39-17-6-5-16-38(39)31-47(48)44-20-9-19-43(51(44)59)45-21-10-22-46-50-42-18-8-7-13-35(42)27-28-49(50)60-52(45)46/h1-32H. The van der Waals surface area contributed by atoms with Crippen molar-refractivity contribution in [3.63, 3.8) is 0 Å². The van der Waals surface area contributed by atoms with E-state index < -0.39 is 0 Å². The highest BCUT2D eigenvalue weighted by atomic mass is 16.3. The number of aromatic nitrogens is 4. The highest BCUT2D eigenvalue weighted by Gasteiger charge is 2.23. The second kappa shape index (κ2) is 12.7. The van der Waals surface area contributed by atoms with Crippen LogP contribution in [0, 0.1) is 0 Å². The number of nitrogens with zero attached hydrogens (tertiary/aromatic N) is 4. The Morgan fingerprint density at radius 3 is 1.58 bits per heavy atom. The van der Waals surface area contributed by atoms with E-state index in [0.29, 0.717) is 17.6 Å². The van der Waals surface area contributed by atoms with Crippen LogP contribution in [0.5, 0.6) is 0 Å². The van der Waals surface area contributed by atoms with Crippen molar-refractivity contribution in [3.05, 3.63) is 194 Å². The van der Waals surface area contributed by atoms with Crippen molar-refractivity contribution in [1.29, 1.82) is 0 Å². The van der Waals surface area contributed by atoms with Gasteiger partial charge in [0.15, 0.2) is 11.6 Å². The van der Waals surface area contributed by atoms with Gasteiger partial charge in [-0.05, 0) is 73.4 Å². The minimum atomic E-state index is 0.543. The van der Waals surface area contributed by atoms with Gasteiger partial charge in [0.25, 0.3) is 0 Å². The molecule has 3 heterocycles. The van der Waals surface area contributed by atoms with Crippen LogP contribution >= 0.6 is 0 Å². The molecule has 0 aliphatic heterocycles. The summed E-state index contributed by atoms with van der Waals surface area (Å²) < 4.78 is 9.10. The lowest BCUT2D eigenvalue weighted by Crippen LogP contribution is -2.07. The van der Waals surface area contributed by atoms with Gasteiger partial charge in [0, 0.05) is 43.8 Å². The van der Waals surface area contributed by atoms with E-state index in [0.717, 1.165) is 92.9 Å². The molecule has 0 unspecified atom stereocenters. The molecule has 0 amide bonds. The van der Waals surface area contributed by atoms with Crippen molar-refractivity contribution in [1.82, 2.24) is 19.5 Å². The number of rotatable bonds is 4. The van der Waals surface area contributed by atoms with E-state index in [4.69, 9.17) is 19.4 Å². The molecule has 0 atom stereocenters. The first kappa shape index (κ1) is 32.9. The van der Waals surface area contributed by atoms with Crippen LogP contribution in [0.4, 0.5) is 0 Å². The number of para-hydroxylation sites is 2. The Hall–Kier alpha value is -8.15. The zero-order chi connectivity index (χ0) is 39.3. The summed E-state index contributed by atoms with van der Waals surface area (Å²) in [7, 11) is 0. The highest BCUT2D eigenvalue weighted by molar-refractivity contribution is 6.23. The van der Waals surface area contributed by atoms with E-state index in [1.807, 2.05) is 0 Å². The fraction of sp³-hybridized carbons (Fsp3) is 0. The van der Waals surface area contributed by atoms with Crippen molar-refractivity contribution in [2.45, 2.75) is 0 Å². The topological polar surface area (TPSA) is 56.7 Å². The Labute approximate surface area is 343 Å². The summed E-state index contributed by atoms with van der Waals surface area (Å²) in [6, 6.07) is 68.6. The lowest BCUT2D eigenvalue weighted by atomic mass is 9.98. The van der Waals surface area contributed by atoms with Gasteiger partial charge in [-0.1, -0.05) is 164 Å². The summed E-state index contributed by atoms with van der Waals surface area (Å²) in [6.07, 6.45) is 0. The van der Waals surface area contributed by atoms with E-state index in [1.165, 1.54) is 16.2 Å². The van der Waals surface area contributed by atoms with Crippen LogP contribution in [0.25, 0.3) is 127 Å². The van der Waals surface area contributed by atoms with Crippen molar-refractivity contribution in [3.8, 4) is 39.9 Å². The molecule has 0 aliphatic rings. The summed E-state index contributed by atoms with van der Waals surface area (Å²) in [6.45, 7) is 0. The second-order valence-electron chi connectivity index (χ2n) is 15.6. The fourth-order valence-electron chi connectivity index (χ4n) is 9.34. The first-order valence-electron chi connectivity index (χ1n) is 20.3. The Balaban J connectivity index is 1.15. The van der Waals surface area contributed by atoms with Crippen molar-refractivity contribution in [2.24, 2.45) is 0 Å². The third-order valence-corrected chi connectivity index (χ3v) is 12.2. The molecule has 10 aromatic carbocycles. The molecule has 3 aromatic heterocycles. The second-order valence-corrected chi connectivity index (χ2v) is 15.6. The molecule has 60 heavy (non-hydrogen) atoms. The number of furan rings is 1. The molecule has 5 heteroatoms. The van der Waals surface area contributed by atoms with Crippen molar-refractivity contribution in [2.75, 3.05) is 0 Å². The molecule has 0 aliphatic carbocycles. The summed E-state index contributed by atoms with van der Waals surface area (Å²) >= 11 is 0. The van der Waals surface area contributed by atoms with Crippen LogP contribution in [0.3, 0.4) is 0 Å². The normalized spacial score (nSPS) is 12.0. The first-order chi connectivity index (χ1) is 29.7. The molecule has 0 spiro atoms. The fourth-order valence-corrected chi connectivity index (χ4v) is 9.34. The number of hydrogen-bond donors (Lipinski definition) is 0. The molecule has 0 saturated heterocycles. The van der Waals surface area contributed by atoms with Gasteiger partial charge in [0.05, 0.1) is 11.0 Å². The molecular formula is C55H32N4O.